The molecule has 2 aromatic rings. The summed E-state index contributed by atoms with van der Waals surface area (Å²) in [7, 11) is 6.62. The Kier molecular flexibility index (Phi) is 6.51. The SMILES string of the molecule is CN=C(NCc1cc(C)cc(OC)c1)Nc1ccc(OC)c(OC)c1. The third kappa shape index (κ3) is 5.04. The van der Waals surface area contributed by atoms with E-state index < -0.39 is 0 Å². The van der Waals surface area contributed by atoms with Gasteiger partial charge in [0, 0.05) is 25.3 Å². The second-order valence-electron chi connectivity index (χ2n) is 5.48. The molecule has 0 heterocycles. The first kappa shape index (κ1) is 18.4. The highest BCUT2D eigenvalue weighted by molar-refractivity contribution is 5.93. The number of methoxy groups -OCH3 is 3. The predicted octanol–water partition coefficient (Wildman–Crippen LogP) is 3.21. The molecule has 0 spiro atoms. The van der Waals surface area contributed by atoms with Crippen molar-refractivity contribution in [3.8, 4) is 17.2 Å². The van der Waals surface area contributed by atoms with Crippen LogP contribution in [0.2, 0.25) is 0 Å². The van der Waals surface area contributed by atoms with Crippen LogP contribution >= 0.6 is 0 Å². The molecular weight excluding hydrogens is 318 g/mol. The molecule has 0 aliphatic carbocycles. The molecule has 0 amide bonds. The van der Waals surface area contributed by atoms with Gasteiger partial charge in [-0.2, -0.15) is 0 Å². The van der Waals surface area contributed by atoms with Gasteiger partial charge < -0.3 is 24.8 Å². The first-order valence-corrected chi connectivity index (χ1v) is 7.94. The van der Waals surface area contributed by atoms with Crippen LogP contribution in [0.4, 0.5) is 5.69 Å². The van der Waals surface area contributed by atoms with E-state index in [1.54, 1.807) is 28.4 Å². The molecule has 2 rings (SSSR count). The number of aryl methyl sites for hydroxylation is 1. The fraction of sp³-hybridized carbons (Fsp3) is 0.316. The summed E-state index contributed by atoms with van der Waals surface area (Å²) in [5, 5.41) is 6.53. The van der Waals surface area contributed by atoms with Gasteiger partial charge in [-0.25, -0.2) is 0 Å². The van der Waals surface area contributed by atoms with Crippen molar-refractivity contribution in [3.63, 3.8) is 0 Å². The minimum absolute atomic E-state index is 0.630. The lowest BCUT2D eigenvalue weighted by atomic mass is 10.1. The highest BCUT2D eigenvalue weighted by Crippen LogP contribution is 2.29. The Hall–Kier alpha value is -2.89. The molecule has 0 fully saturated rings. The van der Waals surface area contributed by atoms with E-state index in [0.29, 0.717) is 24.0 Å². The molecule has 6 nitrogen and oxygen atoms in total. The molecule has 2 aromatic carbocycles. The van der Waals surface area contributed by atoms with Crippen LogP contribution in [0.3, 0.4) is 0 Å². The van der Waals surface area contributed by atoms with Crippen molar-refractivity contribution in [3.05, 3.63) is 47.5 Å². The summed E-state index contributed by atoms with van der Waals surface area (Å²) in [6.45, 7) is 2.67. The summed E-state index contributed by atoms with van der Waals surface area (Å²) in [4.78, 5) is 4.25. The van der Waals surface area contributed by atoms with Gasteiger partial charge in [0.25, 0.3) is 0 Å². The van der Waals surface area contributed by atoms with Crippen molar-refractivity contribution >= 4 is 11.6 Å². The van der Waals surface area contributed by atoms with Gasteiger partial charge in [-0.05, 0) is 42.3 Å². The van der Waals surface area contributed by atoms with E-state index in [1.807, 2.05) is 37.3 Å². The largest absolute Gasteiger partial charge is 0.497 e. The highest BCUT2D eigenvalue weighted by atomic mass is 16.5. The van der Waals surface area contributed by atoms with Gasteiger partial charge in [-0.1, -0.05) is 6.07 Å². The number of guanidine groups is 1. The van der Waals surface area contributed by atoms with E-state index in [9.17, 15) is 0 Å². The van der Waals surface area contributed by atoms with Crippen LogP contribution in [0.1, 0.15) is 11.1 Å². The van der Waals surface area contributed by atoms with Crippen molar-refractivity contribution < 1.29 is 14.2 Å². The Balaban J connectivity index is 2.05. The molecule has 0 unspecified atom stereocenters. The minimum atomic E-state index is 0.630. The minimum Gasteiger partial charge on any atom is -0.497 e. The Bertz CT molecular complexity index is 745. The summed E-state index contributed by atoms with van der Waals surface area (Å²) in [6.07, 6.45) is 0. The maximum atomic E-state index is 5.32. The van der Waals surface area contributed by atoms with Crippen LogP contribution in [-0.2, 0) is 6.54 Å². The molecule has 0 aliphatic rings. The molecule has 0 saturated carbocycles. The molecule has 0 aromatic heterocycles. The Morgan fingerprint density at radius 3 is 2.36 bits per heavy atom. The van der Waals surface area contributed by atoms with E-state index in [4.69, 9.17) is 14.2 Å². The monoisotopic (exact) mass is 343 g/mol. The van der Waals surface area contributed by atoms with Crippen molar-refractivity contribution in [1.29, 1.82) is 0 Å². The van der Waals surface area contributed by atoms with E-state index in [0.717, 1.165) is 22.6 Å². The number of nitrogens with zero attached hydrogens (tertiary/aromatic N) is 1. The van der Waals surface area contributed by atoms with Crippen LogP contribution in [0, 0.1) is 6.92 Å². The molecule has 0 saturated heterocycles. The van der Waals surface area contributed by atoms with E-state index >= 15 is 0 Å². The molecular formula is C19H25N3O3. The zero-order valence-corrected chi connectivity index (χ0v) is 15.3. The second-order valence-corrected chi connectivity index (χ2v) is 5.48. The van der Waals surface area contributed by atoms with Gasteiger partial charge >= 0.3 is 0 Å². The molecule has 134 valence electrons. The number of rotatable bonds is 6. The zero-order valence-electron chi connectivity index (χ0n) is 15.3. The van der Waals surface area contributed by atoms with E-state index in [2.05, 4.69) is 21.7 Å². The van der Waals surface area contributed by atoms with Gasteiger partial charge in [0.1, 0.15) is 5.75 Å². The normalized spacial score (nSPS) is 11.0. The average Bonchev–Trinajstić information content (AvgIpc) is 2.64. The Labute approximate surface area is 148 Å². The van der Waals surface area contributed by atoms with Gasteiger partial charge in [0.15, 0.2) is 17.5 Å². The number of nitrogens with one attached hydrogen (secondary N) is 2. The van der Waals surface area contributed by atoms with Crippen molar-refractivity contribution in [1.82, 2.24) is 5.32 Å². The lowest BCUT2D eigenvalue weighted by molar-refractivity contribution is 0.355. The lowest BCUT2D eigenvalue weighted by Gasteiger charge is -2.14. The van der Waals surface area contributed by atoms with Gasteiger partial charge in [-0.3, -0.25) is 4.99 Å². The van der Waals surface area contributed by atoms with E-state index in [-0.39, 0.29) is 0 Å². The number of hydrogen-bond donors (Lipinski definition) is 2. The summed E-state index contributed by atoms with van der Waals surface area (Å²) in [5.41, 5.74) is 3.12. The van der Waals surface area contributed by atoms with Gasteiger partial charge in [0.2, 0.25) is 0 Å². The number of ether oxygens (including phenoxy) is 3. The average molecular weight is 343 g/mol. The van der Waals surface area contributed by atoms with Gasteiger partial charge in [0.05, 0.1) is 21.3 Å². The topological polar surface area (TPSA) is 64.1 Å². The molecule has 0 radical (unpaired) electrons. The maximum absolute atomic E-state index is 5.32. The highest BCUT2D eigenvalue weighted by Gasteiger charge is 2.07. The molecule has 0 bridgehead atoms. The summed E-state index contributed by atoms with van der Waals surface area (Å²) < 4.78 is 15.9. The standard InChI is InChI=1S/C19H25N3O3/c1-13-8-14(10-16(9-13)23-3)12-21-19(20-2)22-15-6-7-17(24-4)18(11-15)25-5/h6-11H,12H2,1-5H3,(H2,20,21,22). The molecule has 0 aliphatic heterocycles. The maximum Gasteiger partial charge on any atom is 0.195 e. The predicted molar refractivity (Wildman–Crippen MR) is 101 cm³/mol. The van der Waals surface area contributed by atoms with Crippen LogP contribution in [0.25, 0.3) is 0 Å². The number of hydrogen-bond acceptors (Lipinski definition) is 4. The Morgan fingerprint density at radius 2 is 1.72 bits per heavy atom. The number of benzene rings is 2. The summed E-state index contributed by atoms with van der Waals surface area (Å²) in [6, 6.07) is 11.7. The van der Waals surface area contributed by atoms with Crippen molar-refractivity contribution in [2.24, 2.45) is 4.99 Å². The molecule has 25 heavy (non-hydrogen) atoms. The quantitative estimate of drug-likeness (QED) is 0.623. The fourth-order valence-electron chi connectivity index (χ4n) is 2.46. The Morgan fingerprint density at radius 1 is 0.960 bits per heavy atom. The third-order valence-corrected chi connectivity index (χ3v) is 3.68. The van der Waals surface area contributed by atoms with E-state index in [1.165, 1.54) is 0 Å². The molecule has 0 atom stereocenters. The van der Waals surface area contributed by atoms with Crippen molar-refractivity contribution in [2.45, 2.75) is 13.5 Å². The van der Waals surface area contributed by atoms with Gasteiger partial charge in [-0.15, -0.1) is 0 Å². The lowest BCUT2D eigenvalue weighted by Crippen LogP contribution is -2.30. The van der Waals surface area contributed by atoms with Crippen LogP contribution < -0.4 is 24.8 Å². The third-order valence-electron chi connectivity index (χ3n) is 3.68. The number of aliphatic imine (C=N–C) groups is 1. The number of anilines is 1. The molecule has 6 heteroatoms. The van der Waals surface area contributed by atoms with Crippen molar-refractivity contribution in [2.75, 3.05) is 33.7 Å². The van der Waals surface area contributed by atoms with Crippen LogP contribution in [0.5, 0.6) is 17.2 Å². The van der Waals surface area contributed by atoms with Crippen LogP contribution in [-0.4, -0.2) is 34.3 Å². The van der Waals surface area contributed by atoms with Crippen LogP contribution in [0.15, 0.2) is 41.4 Å². The first-order valence-electron chi connectivity index (χ1n) is 7.94. The molecule has 2 N–H and O–H groups in total. The zero-order chi connectivity index (χ0) is 18.2. The first-order chi connectivity index (χ1) is 12.1. The fourth-order valence-corrected chi connectivity index (χ4v) is 2.46. The summed E-state index contributed by atoms with van der Waals surface area (Å²) in [5.74, 6) is 2.85. The smallest absolute Gasteiger partial charge is 0.195 e. The summed E-state index contributed by atoms with van der Waals surface area (Å²) >= 11 is 0. The second kappa shape index (κ2) is 8.82.